The largest absolute Gasteiger partial charge is 0.507 e. The van der Waals surface area contributed by atoms with Crippen LogP contribution in [0.15, 0.2) is 94.3 Å². The fourth-order valence-electron chi connectivity index (χ4n) is 5.13. The van der Waals surface area contributed by atoms with Gasteiger partial charge in [-0.15, -0.1) is 0 Å². The van der Waals surface area contributed by atoms with Crippen LogP contribution in [-0.2, 0) is 17.6 Å². The average Bonchev–Trinajstić information content (AvgIpc) is 3.75. The van der Waals surface area contributed by atoms with Gasteiger partial charge in [0.1, 0.15) is 11.5 Å². The Hall–Kier alpha value is -4.19. The van der Waals surface area contributed by atoms with E-state index in [1.165, 1.54) is 0 Å². The summed E-state index contributed by atoms with van der Waals surface area (Å²) < 4.78 is 5.86. The van der Waals surface area contributed by atoms with E-state index >= 15 is 0 Å². The molecule has 1 saturated carbocycles. The molecule has 2 aromatic carbocycles. The summed E-state index contributed by atoms with van der Waals surface area (Å²) in [7, 11) is 0. The summed E-state index contributed by atoms with van der Waals surface area (Å²) in [5.74, 6) is 0.237. The van der Waals surface area contributed by atoms with Gasteiger partial charge in [0.15, 0.2) is 0 Å². The maximum atomic E-state index is 13.3. The monoisotopic (exact) mass is 508 g/mol. The van der Waals surface area contributed by atoms with E-state index in [-0.39, 0.29) is 35.8 Å². The minimum atomic E-state index is -0.493. The average molecular weight is 509 g/mol. The highest BCUT2D eigenvalue weighted by Gasteiger charge is 2.37. The number of rotatable bonds is 10. The molecule has 2 N–H and O–H groups in total. The second kappa shape index (κ2) is 11.5. The van der Waals surface area contributed by atoms with Gasteiger partial charge in [0.2, 0.25) is 5.91 Å². The van der Waals surface area contributed by atoms with E-state index in [1.54, 1.807) is 12.3 Å². The summed E-state index contributed by atoms with van der Waals surface area (Å²) in [5, 5.41) is 14.1. The summed E-state index contributed by atoms with van der Waals surface area (Å²) in [6, 6.07) is 24.7. The van der Waals surface area contributed by atoms with Gasteiger partial charge < -0.3 is 14.8 Å². The molecular formula is C32H32N2O4. The molecule has 2 unspecified atom stereocenters. The Bertz CT molecular complexity index is 1450. The van der Waals surface area contributed by atoms with Crippen molar-refractivity contribution in [2.24, 2.45) is 5.92 Å². The summed E-state index contributed by atoms with van der Waals surface area (Å²) in [5.41, 5.74) is 3.16. The molecule has 194 valence electrons. The van der Waals surface area contributed by atoms with Crippen LogP contribution in [0.1, 0.15) is 66.2 Å². The van der Waals surface area contributed by atoms with Crippen molar-refractivity contribution >= 4 is 11.6 Å². The Balaban J connectivity index is 1.39. The normalized spacial score (nSPS) is 14.6. The minimum Gasteiger partial charge on any atom is -0.507 e. The van der Waals surface area contributed by atoms with E-state index in [9.17, 15) is 14.7 Å². The van der Waals surface area contributed by atoms with E-state index in [1.807, 2.05) is 60.7 Å². The molecule has 4 aromatic rings. The van der Waals surface area contributed by atoms with Gasteiger partial charge in [0, 0.05) is 35.5 Å². The molecular weight excluding hydrogens is 476 g/mol. The van der Waals surface area contributed by atoms with Crippen LogP contribution in [0.5, 0.6) is 5.75 Å². The molecule has 1 aliphatic carbocycles. The summed E-state index contributed by atoms with van der Waals surface area (Å²) in [4.78, 5) is 30.1. The molecule has 0 saturated heterocycles. The fraction of sp³-hybridized carbons (Fsp3) is 0.281. The van der Waals surface area contributed by atoms with Gasteiger partial charge in [0.05, 0.1) is 12.0 Å². The third-order valence-corrected chi connectivity index (χ3v) is 7.21. The highest BCUT2D eigenvalue weighted by molar-refractivity contribution is 5.92. The summed E-state index contributed by atoms with van der Waals surface area (Å²) in [6.07, 6.45) is 5.27. The number of aromatic hydroxyl groups is 1. The van der Waals surface area contributed by atoms with E-state index in [0.29, 0.717) is 22.7 Å². The maximum absolute atomic E-state index is 13.3. The number of benzene rings is 2. The van der Waals surface area contributed by atoms with Crippen molar-refractivity contribution in [3.8, 4) is 5.75 Å². The zero-order valence-corrected chi connectivity index (χ0v) is 21.5. The highest BCUT2D eigenvalue weighted by atomic mass is 16.4. The Kier molecular flexibility index (Phi) is 7.68. The molecule has 2 heterocycles. The second-order valence-corrected chi connectivity index (χ2v) is 10.0. The van der Waals surface area contributed by atoms with Gasteiger partial charge in [-0.25, -0.2) is 4.79 Å². The van der Waals surface area contributed by atoms with Crippen molar-refractivity contribution in [1.29, 1.82) is 0 Å². The number of hydrogen-bond donors (Lipinski definition) is 2. The molecule has 0 radical (unpaired) electrons. The van der Waals surface area contributed by atoms with E-state index < -0.39 is 5.63 Å². The first-order valence-electron chi connectivity index (χ1n) is 13.2. The number of aromatic nitrogens is 1. The molecule has 6 heteroatoms. The van der Waals surface area contributed by atoms with Crippen LogP contribution in [-0.4, -0.2) is 16.0 Å². The Morgan fingerprint density at radius 3 is 2.53 bits per heavy atom. The van der Waals surface area contributed by atoms with E-state index in [2.05, 4.69) is 29.4 Å². The molecule has 2 atom stereocenters. The minimum absolute atomic E-state index is 0.0120. The van der Waals surface area contributed by atoms with Crippen molar-refractivity contribution in [2.45, 2.75) is 50.9 Å². The molecule has 6 nitrogen and oxygen atoms in total. The Labute approximate surface area is 222 Å². The van der Waals surface area contributed by atoms with Crippen molar-refractivity contribution in [1.82, 2.24) is 4.98 Å². The zero-order chi connectivity index (χ0) is 26.5. The number of nitrogens with one attached hydrogen (secondary N) is 1. The Morgan fingerprint density at radius 2 is 1.84 bits per heavy atom. The van der Waals surface area contributed by atoms with Gasteiger partial charge >= 0.3 is 5.63 Å². The van der Waals surface area contributed by atoms with Crippen LogP contribution in [0.4, 0.5) is 5.69 Å². The third-order valence-electron chi connectivity index (χ3n) is 7.21. The molecule has 0 bridgehead atoms. The van der Waals surface area contributed by atoms with Crippen LogP contribution in [0, 0.1) is 5.92 Å². The number of anilines is 1. The third kappa shape index (κ3) is 6.02. The summed E-state index contributed by atoms with van der Waals surface area (Å²) >= 11 is 0. The predicted octanol–water partition coefficient (Wildman–Crippen LogP) is 6.20. The lowest BCUT2D eigenvalue weighted by atomic mass is 9.86. The standard InChI is InChI=1S/C32H32N2O4/c1-2-22(17-21-9-4-3-5-10-21)28-20-27(35)31(32(37)38-28)30(23-14-15-23)24-11-8-13-26(18-24)34-29(36)19-25-12-6-7-16-33-25/h3-13,16,18,20,22-23,30,35H,2,14-15,17,19H2,1H3,(H,34,36). The van der Waals surface area contributed by atoms with Crippen LogP contribution in [0.2, 0.25) is 0 Å². The van der Waals surface area contributed by atoms with E-state index in [0.717, 1.165) is 36.8 Å². The number of nitrogens with zero attached hydrogens (tertiary/aromatic N) is 1. The van der Waals surface area contributed by atoms with Gasteiger partial charge in [0.25, 0.3) is 0 Å². The molecule has 38 heavy (non-hydrogen) atoms. The Morgan fingerprint density at radius 1 is 1.05 bits per heavy atom. The van der Waals surface area contributed by atoms with Crippen LogP contribution in [0.3, 0.4) is 0 Å². The van der Waals surface area contributed by atoms with Crippen molar-refractivity contribution in [2.75, 3.05) is 5.32 Å². The molecule has 1 amide bonds. The SMILES string of the molecule is CCC(Cc1ccccc1)c1cc(O)c(C(c2cccc(NC(=O)Cc3ccccn3)c2)C2CC2)c(=O)o1. The molecule has 1 aliphatic rings. The first-order valence-corrected chi connectivity index (χ1v) is 13.2. The fourth-order valence-corrected chi connectivity index (χ4v) is 5.13. The molecule has 0 spiro atoms. The number of carbonyl (C=O) groups excluding carboxylic acids is 1. The molecule has 0 aliphatic heterocycles. The lowest BCUT2D eigenvalue weighted by Crippen LogP contribution is -2.18. The lowest BCUT2D eigenvalue weighted by Gasteiger charge is -2.20. The second-order valence-electron chi connectivity index (χ2n) is 10.0. The topological polar surface area (TPSA) is 92.4 Å². The van der Waals surface area contributed by atoms with E-state index in [4.69, 9.17) is 4.42 Å². The summed E-state index contributed by atoms with van der Waals surface area (Å²) in [6.45, 7) is 2.05. The van der Waals surface area contributed by atoms with Crippen molar-refractivity contribution in [3.05, 3.63) is 124 Å². The number of pyridine rings is 1. The predicted molar refractivity (Wildman–Crippen MR) is 147 cm³/mol. The number of hydrogen-bond acceptors (Lipinski definition) is 5. The smallest absolute Gasteiger partial charge is 0.343 e. The number of carbonyl (C=O) groups is 1. The van der Waals surface area contributed by atoms with Gasteiger partial charge in [-0.05, 0) is 67.0 Å². The number of amides is 1. The van der Waals surface area contributed by atoms with Crippen LogP contribution in [0.25, 0.3) is 0 Å². The first kappa shape index (κ1) is 25.5. The van der Waals surface area contributed by atoms with Crippen LogP contribution >= 0.6 is 0 Å². The zero-order valence-electron chi connectivity index (χ0n) is 21.5. The molecule has 1 fully saturated rings. The quantitative estimate of drug-likeness (QED) is 0.266. The van der Waals surface area contributed by atoms with Gasteiger partial charge in [-0.3, -0.25) is 9.78 Å². The van der Waals surface area contributed by atoms with Crippen LogP contribution < -0.4 is 10.9 Å². The maximum Gasteiger partial charge on any atom is 0.343 e. The molecule has 5 rings (SSSR count). The van der Waals surface area contributed by atoms with Gasteiger partial charge in [-0.1, -0.05) is 55.5 Å². The highest BCUT2D eigenvalue weighted by Crippen LogP contribution is 2.48. The lowest BCUT2D eigenvalue weighted by molar-refractivity contribution is -0.115. The molecule has 2 aromatic heterocycles. The van der Waals surface area contributed by atoms with Crippen molar-refractivity contribution in [3.63, 3.8) is 0 Å². The van der Waals surface area contributed by atoms with Gasteiger partial charge in [-0.2, -0.15) is 0 Å². The van der Waals surface area contributed by atoms with Crippen molar-refractivity contribution < 1.29 is 14.3 Å². The first-order chi connectivity index (χ1) is 18.5.